The molecule has 7 heavy (non-hydrogen) atoms. The highest BCUT2D eigenvalue weighted by atomic mass is 32.2. The van der Waals surface area contributed by atoms with Crippen LogP contribution in [-0.2, 0) is 10.7 Å². The molecular formula is C4H10O2S. The van der Waals surface area contributed by atoms with E-state index in [2.05, 4.69) is 13.2 Å². The van der Waals surface area contributed by atoms with E-state index in [1.807, 2.05) is 0 Å². The number of rotatable bonds is 1. The first kappa shape index (κ1) is 9.85. The molecule has 0 unspecified atom stereocenters. The zero-order valence-corrected chi connectivity index (χ0v) is 5.28. The maximum absolute atomic E-state index is 9.41. The van der Waals surface area contributed by atoms with Gasteiger partial charge in [-0.1, -0.05) is 6.92 Å². The van der Waals surface area contributed by atoms with Gasteiger partial charge in [0.2, 0.25) is 0 Å². The Bertz CT molecular complexity index is 77.7. The maximum atomic E-state index is 9.41. The van der Waals surface area contributed by atoms with Crippen LogP contribution in [0, 0.1) is 0 Å². The third-order valence-electron chi connectivity index (χ3n) is 0.258. The Morgan fingerprint density at radius 2 is 1.57 bits per heavy atom. The van der Waals surface area contributed by atoms with Gasteiger partial charge in [0, 0.05) is 5.75 Å². The van der Waals surface area contributed by atoms with Crippen molar-refractivity contribution >= 4 is 10.7 Å². The minimum Gasteiger partial charge on any atom is -0.232 e. The molecule has 0 aromatic carbocycles. The van der Waals surface area contributed by atoms with E-state index in [0.717, 1.165) is 0 Å². The molecule has 0 aliphatic heterocycles. The van der Waals surface area contributed by atoms with Gasteiger partial charge in [0.1, 0.15) is 10.7 Å². The molecule has 0 aromatic heterocycles. The van der Waals surface area contributed by atoms with Crippen LogP contribution >= 0.6 is 0 Å². The number of thiol groups is 1. The molecule has 0 saturated carbocycles. The van der Waals surface area contributed by atoms with E-state index in [1.165, 1.54) is 0 Å². The van der Waals surface area contributed by atoms with Crippen LogP contribution in [0.1, 0.15) is 6.92 Å². The molecular weight excluding hydrogens is 112 g/mol. The van der Waals surface area contributed by atoms with Gasteiger partial charge in [0.25, 0.3) is 0 Å². The summed E-state index contributed by atoms with van der Waals surface area (Å²) in [6, 6.07) is 0. The zero-order valence-electron chi connectivity index (χ0n) is 4.39. The van der Waals surface area contributed by atoms with Crippen LogP contribution in [0.25, 0.3) is 0 Å². The summed E-state index contributed by atoms with van der Waals surface area (Å²) < 4.78 is 18.8. The second kappa shape index (κ2) is 9.19. The molecule has 0 heterocycles. The minimum atomic E-state index is -2.10. The van der Waals surface area contributed by atoms with Gasteiger partial charge < -0.3 is 0 Å². The van der Waals surface area contributed by atoms with Crippen molar-refractivity contribution in [3.63, 3.8) is 0 Å². The first-order valence-corrected chi connectivity index (χ1v) is 3.25. The van der Waals surface area contributed by atoms with Crippen LogP contribution in [0.5, 0.6) is 0 Å². The molecule has 0 spiro atoms. The molecule has 0 aliphatic rings. The third-order valence-corrected chi connectivity index (χ3v) is 0.775. The Morgan fingerprint density at radius 3 is 1.57 bits per heavy atom. The molecule has 0 rings (SSSR count). The van der Waals surface area contributed by atoms with Gasteiger partial charge in [0.05, 0.1) is 0 Å². The van der Waals surface area contributed by atoms with Crippen LogP contribution < -0.4 is 0 Å². The lowest BCUT2D eigenvalue weighted by Gasteiger charge is -1.60. The topological polar surface area (TPSA) is 34.1 Å². The summed E-state index contributed by atoms with van der Waals surface area (Å²) >= 11 is 0. The molecule has 0 radical (unpaired) electrons. The largest absolute Gasteiger partial charge is 0.232 e. The highest BCUT2D eigenvalue weighted by molar-refractivity contribution is 7.72. The first-order valence-electron chi connectivity index (χ1n) is 1.89. The van der Waals surface area contributed by atoms with E-state index in [-0.39, 0.29) is 5.75 Å². The second-order valence-corrected chi connectivity index (χ2v) is 1.95. The summed E-state index contributed by atoms with van der Waals surface area (Å²) in [6.45, 7) is 7.60. The van der Waals surface area contributed by atoms with Crippen LogP contribution in [0.2, 0.25) is 0 Å². The molecule has 0 amide bonds. The van der Waals surface area contributed by atoms with E-state index in [0.29, 0.717) is 0 Å². The Morgan fingerprint density at radius 1 is 1.43 bits per heavy atom. The Kier molecular flexibility index (Phi) is 12.9. The quantitative estimate of drug-likeness (QED) is 0.404. The van der Waals surface area contributed by atoms with Crippen molar-refractivity contribution in [2.45, 2.75) is 6.92 Å². The lowest BCUT2D eigenvalue weighted by Crippen LogP contribution is -1.73. The molecule has 0 atom stereocenters. The molecule has 0 fully saturated rings. The fraction of sp³-hybridized carbons (Fsp3) is 0.500. The lowest BCUT2D eigenvalue weighted by atomic mass is 11.0. The van der Waals surface area contributed by atoms with Gasteiger partial charge in [-0.15, -0.1) is 13.2 Å². The summed E-state index contributed by atoms with van der Waals surface area (Å²) in [5.41, 5.74) is 0. The van der Waals surface area contributed by atoms with Crippen molar-refractivity contribution in [1.82, 2.24) is 0 Å². The molecule has 0 aliphatic carbocycles. The van der Waals surface area contributed by atoms with Crippen LogP contribution in [0.3, 0.4) is 0 Å². The number of hydrogen-bond donors (Lipinski definition) is 1. The lowest BCUT2D eigenvalue weighted by molar-refractivity contribution is 0.615. The molecule has 44 valence electrons. The Hall–Kier alpha value is -0.310. The number of hydrogen-bond acceptors (Lipinski definition) is 2. The predicted molar refractivity (Wildman–Crippen MR) is 32.1 cm³/mol. The summed E-state index contributed by atoms with van der Waals surface area (Å²) in [7, 11) is -2.10. The van der Waals surface area contributed by atoms with Gasteiger partial charge >= 0.3 is 0 Å². The molecule has 0 N–H and O–H groups in total. The second-order valence-electron chi connectivity index (χ2n) is 0.649. The molecule has 0 saturated heterocycles. The summed E-state index contributed by atoms with van der Waals surface area (Å²) in [5.74, 6) is 0.259. The average Bonchev–Trinajstić information content (AvgIpc) is 1.73. The van der Waals surface area contributed by atoms with E-state index in [1.54, 1.807) is 6.92 Å². The Labute approximate surface area is 45.8 Å². The van der Waals surface area contributed by atoms with E-state index in [9.17, 15) is 8.42 Å². The van der Waals surface area contributed by atoms with Crippen molar-refractivity contribution in [2.24, 2.45) is 0 Å². The van der Waals surface area contributed by atoms with Gasteiger partial charge in [0.15, 0.2) is 0 Å². The minimum absolute atomic E-state index is 0.259. The highest BCUT2D eigenvalue weighted by Crippen LogP contribution is 1.53. The first-order chi connectivity index (χ1) is 3.27. The fourth-order valence-corrected chi connectivity index (χ4v) is 0. The average molecular weight is 122 g/mol. The van der Waals surface area contributed by atoms with Crippen molar-refractivity contribution in [3.05, 3.63) is 13.2 Å². The normalized spacial score (nSPS) is 7.14. The van der Waals surface area contributed by atoms with Gasteiger partial charge in [-0.25, -0.2) is 8.42 Å². The van der Waals surface area contributed by atoms with Gasteiger partial charge in [-0.05, 0) is 0 Å². The molecule has 0 aromatic rings. The summed E-state index contributed by atoms with van der Waals surface area (Å²) in [5, 5.41) is 0. The zero-order chi connectivity index (χ0) is 6.28. The van der Waals surface area contributed by atoms with Crippen molar-refractivity contribution in [3.8, 4) is 0 Å². The van der Waals surface area contributed by atoms with Gasteiger partial charge in [-0.2, -0.15) is 0 Å². The highest BCUT2D eigenvalue weighted by Gasteiger charge is 1.65. The molecule has 2 nitrogen and oxygen atoms in total. The van der Waals surface area contributed by atoms with Crippen LogP contribution in [0.15, 0.2) is 13.2 Å². The van der Waals surface area contributed by atoms with E-state index in [4.69, 9.17) is 0 Å². The predicted octanol–water partition coefficient (Wildman–Crippen LogP) is 0.420. The van der Waals surface area contributed by atoms with Gasteiger partial charge in [-0.3, -0.25) is 0 Å². The van der Waals surface area contributed by atoms with Crippen molar-refractivity contribution in [1.29, 1.82) is 0 Å². The van der Waals surface area contributed by atoms with Crippen LogP contribution in [0.4, 0.5) is 0 Å². The monoisotopic (exact) mass is 122 g/mol. The standard InChI is InChI=1S/C2H6O2S.C2H4/c1-2-5(3)4;1-2/h5H,2H2,1H3;1-2H2. The fourth-order valence-electron chi connectivity index (χ4n) is 0. The van der Waals surface area contributed by atoms with E-state index >= 15 is 0 Å². The molecule has 3 heteroatoms. The maximum Gasteiger partial charge on any atom is 0.139 e. The third kappa shape index (κ3) is 27.1. The van der Waals surface area contributed by atoms with Crippen molar-refractivity contribution in [2.75, 3.05) is 5.75 Å². The van der Waals surface area contributed by atoms with E-state index < -0.39 is 10.7 Å². The summed E-state index contributed by atoms with van der Waals surface area (Å²) in [6.07, 6.45) is 0. The van der Waals surface area contributed by atoms with Crippen LogP contribution in [-0.4, -0.2) is 14.2 Å². The Balaban J connectivity index is 0. The summed E-state index contributed by atoms with van der Waals surface area (Å²) in [4.78, 5) is 0. The SMILES string of the molecule is C=C.CC[SH](=O)=O. The smallest absolute Gasteiger partial charge is 0.139 e. The molecule has 0 bridgehead atoms. The van der Waals surface area contributed by atoms with Crippen molar-refractivity contribution < 1.29 is 8.42 Å².